The van der Waals surface area contributed by atoms with Gasteiger partial charge in [-0.1, -0.05) is 11.6 Å². The zero-order valence-electron chi connectivity index (χ0n) is 12.2. The average molecular weight is 309 g/mol. The lowest BCUT2D eigenvalue weighted by Gasteiger charge is -2.15. The molecule has 0 radical (unpaired) electrons. The van der Waals surface area contributed by atoms with Gasteiger partial charge in [0, 0.05) is 12.7 Å². The number of fused-ring (bicyclic) bond motifs is 1. The van der Waals surface area contributed by atoms with E-state index < -0.39 is 5.97 Å². The van der Waals surface area contributed by atoms with E-state index in [1.807, 2.05) is 6.92 Å². The van der Waals surface area contributed by atoms with Crippen LogP contribution in [-0.2, 0) is 4.74 Å². The van der Waals surface area contributed by atoms with E-state index in [-0.39, 0.29) is 0 Å². The van der Waals surface area contributed by atoms with Gasteiger partial charge in [-0.25, -0.2) is 4.79 Å². The number of ether oxygens (including phenoxy) is 2. The first-order valence-electron chi connectivity index (χ1n) is 6.70. The molecule has 5 nitrogen and oxygen atoms in total. The van der Waals surface area contributed by atoms with Gasteiger partial charge in [0.15, 0.2) is 0 Å². The fourth-order valence-corrected chi connectivity index (χ4v) is 2.34. The molecular weight excluding hydrogens is 292 g/mol. The molecule has 2 rings (SSSR count). The van der Waals surface area contributed by atoms with Crippen LogP contribution in [0.1, 0.15) is 24.2 Å². The maximum absolute atomic E-state index is 12.1. The fourth-order valence-electron chi connectivity index (χ4n) is 2.14. The molecule has 0 fully saturated rings. The Hall–Kier alpha value is -2.01. The summed E-state index contributed by atoms with van der Waals surface area (Å²) in [5.41, 5.74) is 1.58. The van der Waals surface area contributed by atoms with Crippen molar-refractivity contribution in [2.24, 2.45) is 0 Å². The van der Waals surface area contributed by atoms with Crippen molar-refractivity contribution >= 4 is 34.2 Å². The van der Waals surface area contributed by atoms with Crippen molar-refractivity contribution in [2.75, 3.05) is 25.6 Å². The van der Waals surface area contributed by atoms with Gasteiger partial charge in [-0.05, 0) is 26.0 Å². The number of nitrogens with zero attached hydrogens (tertiary/aromatic N) is 1. The third-order valence-electron chi connectivity index (χ3n) is 3.00. The van der Waals surface area contributed by atoms with Crippen LogP contribution >= 0.6 is 11.6 Å². The highest BCUT2D eigenvalue weighted by Gasteiger charge is 2.20. The largest absolute Gasteiger partial charge is 0.496 e. The molecule has 112 valence electrons. The molecule has 0 bridgehead atoms. The van der Waals surface area contributed by atoms with E-state index in [0.717, 1.165) is 0 Å². The van der Waals surface area contributed by atoms with Crippen LogP contribution in [0.5, 0.6) is 5.75 Å². The van der Waals surface area contributed by atoms with E-state index >= 15 is 0 Å². The second-order valence-electron chi connectivity index (χ2n) is 4.27. The topological polar surface area (TPSA) is 60.5 Å². The smallest absolute Gasteiger partial charge is 0.341 e. The second-order valence-corrected chi connectivity index (χ2v) is 4.68. The highest BCUT2D eigenvalue weighted by Crippen LogP contribution is 2.37. The highest BCUT2D eigenvalue weighted by atomic mass is 35.5. The van der Waals surface area contributed by atoms with Gasteiger partial charge < -0.3 is 14.8 Å². The van der Waals surface area contributed by atoms with Crippen molar-refractivity contribution in [3.8, 4) is 5.75 Å². The van der Waals surface area contributed by atoms with Gasteiger partial charge in [-0.15, -0.1) is 0 Å². The van der Waals surface area contributed by atoms with Crippen LogP contribution in [0.4, 0.5) is 5.69 Å². The normalized spacial score (nSPS) is 10.5. The Morgan fingerprint density at radius 2 is 2.14 bits per heavy atom. The van der Waals surface area contributed by atoms with E-state index in [9.17, 15) is 4.79 Å². The molecule has 1 aromatic carbocycles. The molecule has 0 saturated heterocycles. The predicted octanol–water partition coefficient (Wildman–Crippen LogP) is 3.51. The van der Waals surface area contributed by atoms with E-state index in [1.165, 1.54) is 6.20 Å². The zero-order chi connectivity index (χ0) is 15.4. The van der Waals surface area contributed by atoms with Crippen LogP contribution in [0.3, 0.4) is 0 Å². The third kappa shape index (κ3) is 2.88. The van der Waals surface area contributed by atoms with E-state index in [1.54, 1.807) is 26.2 Å². The lowest BCUT2D eigenvalue weighted by Crippen LogP contribution is -2.11. The number of carbonyl (C=O) groups is 1. The Kier molecular flexibility index (Phi) is 4.85. The minimum absolute atomic E-state index is 0.301. The van der Waals surface area contributed by atoms with Gasteiger partial charge in [-0.2, -0.15) is 0 Å². The number of pyridine rings is 1. The van der Waals surface area contributed by atoms with Gasteiger partial charge in [0.1, 0.15) is 11.3 Å². The molecular formula is C15H17ClN2O3. The van der Waals surface area contributed by atoms with E-state index in [4.69, 9.17) is 21.1 Å². The van der Waals surface area contributed by atoms with Crippen LogP contribution in [0.2, 0.25) is 5.02 Å². The van der Waals surface area contributed by atoms with Crippen LogP contribution in [0.25, 0.3) is 10.9 Å². The summed E-state index contributed by atoms with van der Waals surface area (Å²) in [5, 5.41) is 4.36. The molecule has 2 aromatic rings. The fraction of sp³-hybridized carbons (Fsp3) is 0.333. The number of anilines is 1. The summed E-state index contributed by atoms with van der Waals surface area (Å²) in [7, 11) is 1.56. The molecule has 0 spiro atoms. The summed E-state index contributed by atoms with van der Waals surface area (Å²) in [5.74, 6) is 0.175. The molecule has 0 aliphatic rings. The Balaban J connectivity index is 2.77. The van der Waals surface area contributed by atoms with Crippen molar-refractivity contribution in [2.45, 2.75) is 13.8 Å². The number of hydrogen-bond donors (Lipinski definition) is 1. The summed E-state index contributed by atoms with van der Waals surface area (Å²) in [6.45, 7) is 4.64. The number of rotatable bonds is 5. The number of nitrogens with one attached hydrogen (secondary N) is 1. The number of carbonyl (C=O) groups excluding carboxylic acids is 1. The van der Waals surface area contributed by atoms with E-state index in [2.05, 4.69) is 10.3 Å². The highest BCUT2D eigenvalue weighted by molar-refractivity contribution is 6.36. The van der Waals surface area contributed by atoms with Crippen molar-refractivity contribution in [3.05, 3.63) is 28.9 Å². The molecule has 0 atom stereocenters. The molecule has 1 aromatic heterocycles. The lowest BCUT2D eigenvalue weighted by atomic mass is 10.1. The Labute approximate surface area is 128 Å². The van der Waals surface area contributed by atoms with Crippen LogP contribution < -0.4 is 10.1 Å². The number of halogens is 1. The number of esters is 1. The van der Waals surface area contributed by atoms with Gasteiger partial charge >= 0.3 is 5.97 Å². The summed E-state index contributed by atoms with van der Waals surface area (Å²) in [6, 6.07) is 3.47. The molecule has 0 unspecified atom stereocenters. The average Bonchev–Trinajstić information content (AvgIpc) is 2.48. The van der Waals surface area contributed by atoms with Crippen molar-refractivity contribution < 1.29 is 14.3 Å². The number of benzene rings is 1. The number of methoxy groups -OCH3 is 1. The minimum atomic E-state index is -0.426. The molecule has 1 heterocycles. The maximum Gasteiger partial charge on any atom is 0.341 e. The molecule has 0 amide bonds. The second kappa shape index (κ2) is 6.63. The van der Waals surface area contributed by atoms with Crippen molar-refractivity contribution in [1.82, 2.24) is 4.98 Å². The van der Waals surface area contributed by atoms with Gasteiger partial charge in [-0.3, -0.25) is 4.98 Å². The Bertz CT molecular complexity index is 674. The van der Waals surface area contributed by atoms with Crippen molar-refractivity contribution in [1.29, 1.82) is 0 Å². The minimum Gasteiger partial charge on any atom is -0.496 e. The molecule has 0 saturated carbocycles. The van der Waals surface area contributed by atoms with Crippen LogP contribution in [0, 0.1) is 0 Å². The number of hydrogen-bond acceptors (Lipinski definition) is 5. The predicted molar refractivity (Wildman–Crippen MR) is 83.4 cm³/mol. The molecule has 1 N–H and O–H groups in total. The maximum atomic E-state index is 12.1. The molecule has 0 aliphatic heterocycles. The van der Waals surface area contributed by atoms with Gasteiger partial charge in [0.05, 0.1) is 35.3 Å². The zero-order valence-corrected chi connectivity index (χ0v) is 13.0. The first kappa shape index (κ1) is 15.4. The summed E-state index contributed by atoms with van der Waals surface area (Å²) in [6.07, 6.45) is 1.48. The number of aromatic nitrogens is 1. The van der Waals surface area contributed by atoms with Gasteiger partial charge in [0.2, 0.25) is 0 Å². The van der Waals surface area contributed by atoms with E-state index in [0.29, 0.717) is 46.1 Å². The molecule has 21 heavy (non-hydrogen) atoms. The van der Waals surface area contributed by atoms with Crippen molar-refractivity contribution in [3.63, 3.8) is 0 Å². The van der Waals surface area contributed by atoms with Gasteiger partial charge in [0.25, 0.3) is 0 Å². The first-order valence-corrected chi connectivity index (χ1v) is 7.08. The first-order chi connectivity index (χ1) is 10.1. The summed E-state index contributed by atoms with van der Waals surface area (Å²) in [4.78, 5) is 16.4. The molecule has 6 heteroatoms. The molecule has 0 aliphatic carbocycles. The standard InChI is InChI=1S/C15H17ClN2O3/c1-4-17-13-9(15(19)21-5-2)8-18-14-10(16)6-7-11(20-3)12(13)14/h6-8H,4-5H2,1-3H3,(H,17,18). The summed E-state index contributed by atoms with van der Waals surface area (Å²) >= 11 is 6.19. The quantitative estimate of drug-likeness (QED) is 0.857. The third-order valence-corrected chi connectivity index (χ3v) is 3.31. The van der Waals surface area contributed by atoms with Crippen LogP contribution in [-0.4, -0.2) is 31.2 Å². The Morgan fingerprint density at radius 3 is 2.76 bits per heavy atom. The lowest BCUT2D eigenvalue weighted by molar-refractivity contribution is 0.0527. The summed E-state index contributed by atoms with van der Waals surface area (Å²) < 4.78 is 10.4. The monoisotopic (exact) mass is 308 g/mol. The van der Waals surface area contributed by atoms with Crippen LogP contribution in [0.15, 0.2) is 18.3 Å². The Morgan fingerprint density at radius 1 is 1.38 bits per heavy atom. The SMILES string of the molecule is CCNc1c(C(=O)OCC)cnc2c(Cl)ccc(OC)c12.